The molecule has 2 aromatic carbocycles. The lowest BCUT2D eigenvalue weighted by Gasteiger charge is -2.39. The third-order valence-electron chi connectivity index (χ3n) is 7.15. The highest BCUT2D eigenvalue weighted by atomic mass is 32.2. The molecule has 2 heterocycles. The topological polar surface area (TPSA) is 71.6 Å². The molecule has 190 valence electrons. The van der Waals surface area contributed by atoms with Gasteiger partial charge in [-0.25, -0.2) is 23.0 Å². The summed E-state index contributed by atoms with van der Waals surface area (Å²) in [5.74, 6) is 1.01. The summed E-state index contributed by atoms with van der Waals surface area (Å²) in [6, 6.07) is 16.1. The van der Waals surface area contributed by atoms with Crippen LogP contribution in [0.4, 0.5) is 5.69 Å². The van der Waals surface area contributed by atoms with Crippen LogP contribution in [0.25, 0.3) is 4.85 Å². The number of hydrogen-bond donors (Lipinski definition) is 1. The van der Waals surface area contributed by atoms with Gasteiger partial charge in [-0.15, -0.1) is 0 Å². The summed E-state index contributed by atoms with van der Waals surface area (Å²) in [6.45, 7) is 15.6. The van der Waals surface area contributed by atoms with Gasteiger partial charge in [0.15, 0.2) is 5.69 Å². The first-order valence-electron chi connectivity index (χ1n) is 12.3. The molecule has 0 spiro atoms. The molecule has 0 atom stereocenters. The van der Waals surface area contributed by atoms with Crippen molar-refractivity contribution < 1.29 is 8.42 Å². The molecule has 36 heavy (non-hydrogen) atoms. The quantitative estimate of drug-likeness (QED) is 0.429. The third kappa shape index (κ3) is 7.03. The van der Waals surface area contributed by atoms with Gasteiger partial charge in [0.25, 0.3) is 0 Å². The van der Waals surface area contributed by atoms with E-state index in [2.05, 4.69) is 43.1 Å². The van der Waals surface area contributed by atoms with Crippen molar-refractivity contribution in [1.29, 1.82) is 0 Å². The lowest BCUT2D eigenvalue weighted by molar-refractivity contribution is 0.111. The number of benzene rings is 2. The second-order valence-electron chi connectivity index (χ2n) is 10.3. The maximum Gasteiger partial charge on any atom is 0.209 e. The minimum atomic E-state index is -3.20. The minimum Gasteiger partial charge on any atom is -0.327 e. The Morgan fingerprint density at radius 2 is 1.75 bits per heavy atom. The van der Waals surface area contributed by atoms with E-state index in [1.807, 2.05) is 49.5 Å². The van der Waals surface area contributed by atoms with Crippen molar-refractivity contribution in [3.63, 3.8) is 0 Å². The van der Waals surface area contributed by atoms with E-state index in [1.165, 1.54) is 23.1 Å². The number of rotatable bonds is 9. The lowest BCUT2D eigenvalue weighted by Crippen LogP contribution is -2.39. The summed E-state index contributed by atoms with van der Waals surface area (Å²) in [4.78, 5) is 10.6. The van der Waals surface area contributed by atoms with Crippen LogP contribution in [0.15, 0.2) is 54.7 Å². The van der Waals surface area contributed by atoms with Crippen molar-refractivity contribution in [2.75, 3.05) is 19.3 Å². The van der Waals surface area contributed by atoms with Gasteiger partial charge in [-0.1, -0.05) is 55.5 Å². The number of nitrogens with zero attached hydrogens (tertiary/aromatic N) is 4. The molecule has 0 amide bonds. The van der Waals surface area contributed by atoms with E-state index in [-0.39, 0.29) is 5.41 Å². The number of piperidine rings is 1. The van der Waals surface area contributed by atoms with Crippen molar-refractivity contribution >= 4 is 15.7 Å². The number of hydrogen-bond acceptors (Lipinski definition) is 4. The van der Waals surface area contributed by atoms with Crippen molar-refractivity contribution in [2.45, 2.75) is 52.7 Å². The van der Waals surface area contributed by atoms with E-state index in [0.29, 0.717) is 12.2 Å². The first-order valence-corrected chi connectivity index (χ1v) is 14.2. The van der Waals surface area contributed by atoms with Crippen molar-refractivity contribution in [3.05, 3.63) is 94.4 Å². The Labute approximate surface area is 215 Å². The van der Waals surface area contributed by atoms with Gasteiger partial charge in [0.05, 0.1) is 18.5 Å². The van der Waals surface area contributed by atoms with Gasteiger partial charge >= 0.3 is 0 Å². The van der Waals surface area contributed by atoms with E-state index >= 15 is 0 Å². The van der Waals surface area contributed by atoms with Gasteiger partial charge in [-0.05, 0) is 61.4 Å². The third-order valence-corrected chi connectivity index (χ3v) is 7.82. The summed E-state index contributed by atoms with van der Waals surface area (Å²) < 4.78 is 27.7. The SMILES string of the molecule is [C-]#[N+]c1ccc(Cn2c(CN3CCC(C)(Cc4cccc(CNS(C)(=O)=O)c4)CC3)cnc2C)cc1. The van der Waals surface area contributed by atoms with Gasteiger partial charge in [0.1, 0.15) is 5.82 Å². The molecule has 7 nitrogen and oxygen atoms in total. The highest BCUT2D eigenvalue weighted by molar-refractivity contribution is 7.88. The van der Waals surface area contributed by atoms with Gasteiger partial charge in [-0.2, -0.15) is 0 Å². The fourth-order valence-corrected chi connectivity index (χ4v) is 5.36. The van der Waals surface area contributed by atoms with E-state index in [4.69, 9.17) is 6.57 Å². The normalized spacial score (nSPS) is 16.1. The Morgan fingerprint density at radius 3 is 2.42 bits per heavy atom. The van der Waals surface area contributed by atoms with Crippen molar-refractivity contribution in [2.24, 2.45) is 5.41 Å². The van der Waals surface area contributed by atoms with Gasteiger partial charge in [0.2, 0.25) is 10.0 Å². The molecule has 3 aromatic rings. The molecule has 1 aromatic heterocycles. The fraction of sp³-hybridized carbons (Fsp3) is 0.429. The molecule has 0 saturated carbocycles. The Morgan fingerprint density at radius 1 is 1.06 bits per heavy atom. The molecule has 8 heteroatoms. The zero-order valence-corrected chi connectivity index (χ0v) is 22.2. The predicted molar refractivity (Wildman–Crippen MR) is 143 cm³/mol. The number of sulfonamides is 1. The van der Waals surface area contributed by atoms with Crippen LogP contribution >= 0.6 is 0 Å². The molecule has 1 aliphatic heterocycles. The zero-order valence-electron chi connectivity index (χ0n) is 21.4. The van der Waals surface area contributed by atoms with E-state index in [1.54, 1.807) is 0 Å². The minimum absolute atomic E-state index is 0.222. The molecule has 0 unspecified atom stereocenters. The second kappa shape index (κ2) is 11.0. The van der Waals surface area contributed by atoms with Crippen LogP contribution in [0, 0.1) is 18.9 Å². The number of imidazole rings is 1. The van der Waals surface area contributed by atoms with Crippen LogP contribution in [-0.2, 0) is 36.1 Å². The number of aromatic nitrogens is 2. The second-order valence-corrected chi connectivity index (χ2v) is 12.2. The molecule has 0 aliphatic carbocycles. The molecular weight excluding hydrogens is 470 g/mol. The Bertz CT molecular complexity index is 1330. The van der Waals surface area contributed by atoms with Crippen LogP contribution in [0.1, 0.15) is 48.0 Å². The molecular formula is C28H35N5O2S. The van der Waals surface area contributed by atoms with Crippen molar-refractivity contribution in [3.8, 4) is 0 Å². The van der Waals surface area contributed by atoms with Gasteiger partial charge in [0, 0.05) is 25.8 Å². The Hall–Kier alpha value is -2.99. The number of likely N-dealkylation sites (tertiary alicyclic amines) is 1. The van der Waals surface area contributed by atoms with Crippen LogP contribution in [0.3, 0.4) is 0 Å². The largest absolute Gasteiger partial charge is 0.327 e. The van der Waals surface area contributed by atoms with Crippen LogP contribution in [0.2, 0.25) is 0 Å². The molecule has 1 fully saturated rings. The average molecular weight is 506 g/mol. The van der Waals surface area contributed by atoms with Crippen LogP contribution in [0.5, 0.6) is 0 Å². The molecule has 4 rings (SSSR count). The fourth-order valence-electron chi connectivity index (χ4n) is 4.93. The molecule has 1 saturated heterocycles. The summed E-state index contributed by atoms with van der Waals surface area (Å²) in [5, 5.41) is 0. The lowest BCUT2D eigenvalue weighted by atomic mass is 9.75. The maximum atomic E-state index is 11.4. The van der Waals surface area contributed by atoms with Gasteiger partial charge < -0.3 is 4.57 Å². The monoisotopic (exact) mass is 505 g/mol. The van der Waals surface area contributed by atoms with Crippen LogP contribution < -0.4 is 4.72 Å². The molecule has 1 aliphatic rings. The Balaban J connectivity index is 1.34. The van der Waals surface area contributed by atoms with E-state index in [9.17, 15) is 8.42 Å². The first kappa shape index (κ1) is 26.1. The number of nitrogens with one attached hydrogen (secondary N) is 1. The molecule has 1 N–H and O–H groups in total. The Kier molecular flexibility index (Phi) is 7.94. The summed E-state index contributed by atoms with van der Waals surface area (Å²) in [7, 11) is -3.20. The van der Waals surface area contributed by atoms with Gasteiger partial charge in [-0.3, -0.25) is 4.90 Å². The summed E-state index contributed by atoms with van der Waals surface area (Å²) in [5.41, 5.74) is 5.53. The van der Waals surface area contributed by atoms with Crippen molar-refractivity contribution in [1.82, 2.24) is 19.2 Å². The standard InChI is InChI=1S/C28H35N5O2S/c1-22-30-19-27(33(22)20-23-8-10-26(29-3)11-9-23)21-32-14-12-28(2,13-15-32)17-24-6-5-7-25(16-24)18-31-36(4,34)35/h5-11,16,19,31H,12-15,17-18,20-21H2,1-2,4H3. The van der Waals surface area contributed by atoms with E-state index < -0.39 is 10.0 Å². The average Bonchev–Trinajstić information content (AvgIpc) is 3.18. The van der Waals surface area contributed by atoms with E-state index in [0.717, 1.165) is 56.8 Å². The number of aryl methyl sites for hydroxylation is 1. The zero-order chi connectivity index (χ0) is 25.8. The highest BCUT2D eigenvalue weighted by Crippen LogP contribution is 2.35. The summed E-state index contributed by atoms with van der Waals surface area (Å²) in [6.07, 6.45) is 6.40. The first-order chi connectivity index (χ1) is 17.1. The maximum absolute atomic E-state index is 11.4. The predicted octanol–water partition coefficient (Wildman–Crippen LogP) is 4.68. The highest BCUT2D eigenvalue weighted by Gasteiger charge is 2.30. The summed E-state index contributed by atoms with van der Waals surface area (Å²) >= 11 is 0. The molecule has 0 bridgehead atoms. The smallest absolute Gasteiger partial charge is 0.209 e. The van der Waals surface area contributed by atoms with Crippen LogP contribution in [-0.4, -0.2) is 42.2 Å². The molecule has 0 radical (unpaired) electrons.